The molecule has 1 atom stereocenters. The number of allylic oxidation sites excluding steroid dienone is 3. The molecule has 1 rings (SSSR count). The summed E-state index contributed by atoms with van der Waals surface area (Å²) in [6.07, 6.45) is 3.12. The van der Waals surface area contributed by atoms with Gasteiger partial charge in [-0.05, 0) is 12.2 Å². The van der Waals surface area contributed by atoms with Crippen LogP contribution in [0.5, 0.6) is 0 Å². The number of hydrogen-bond donors (Lipinski definition) is 1. The van der Waals surface area contributed by atoms with Gasteiger partial charge in [0.05, 0.1) is 0 Å². The maximum absolute atomic E-state index is 10.9. The quantitative estimate of drug-likeness (QED) is 0.684. The minimum absolute atomic E-state index is 0.196. The van der Waals surface area contributed by atoms with Crippen molar-refractivity contribution in [2.45, 2.75) is 11.3 Å². The first kappa shape index (κ1) is 9.90. The van der Waals surface area contributed by atoms with Crippen molar-refractivity contribution in [3.63, 3.8) is 0 Å². The largest absolute Gasteiger partial charge is 0.368 e. The monoisotopic (exact) mass is 225 g/mol. The smallest absolute Gasteiger partial charge is 0.242 e. The van der Waals surface area contributed by atoms with Crippen LogP contribution in [-0.2, 0) is 4.79 Å². The highest BCUT2D eigenvalue weighted by Crippen LogP contribution is 2.34. The first-order valence-corrected chi connectivity index (χ1v) is 4.31. The number of nitrogens with two attached hydrogens (primary N) is 1. The number of carbonyl (C=O) groups excluding carboxylic acids is 1. The van der Waals surface area contributed by atoms with Crippen molar-refractivity contribution in [1.29, 1.82) is 0 Å². The van der Waals surface area contributed by atoms with E-state index in [1.54, 1.807) is 0 Å². The molecule has 0 spiro atoms. The molecule has 1 aliphatic rings. The second-order valence-corrected chi connectivity index (χ2v) is 4.12. The van der Waals surface area contributed by atoms with Gasteiger partial charge in [-0.1, -0.05) is 23.2 Å². The van der Waals surface area contributed by atoms with Gasteiger partial charge in [0, 0.05) is 16.5 Å². The van der Waals surface area contributed by atoms with Crippen molar-refractivity contribution in [3.8, 4) is 0 Å². The van der Waals surface area contributed by atoms with Gasteiger partial charge in [0.25, 0.3) is 0 Å². The van der Waals surface area contributed by atoms with Crippen molar-refractivity contribution in [2.75, 3.05) is 0 Å². The summed E-state index contributed by atoms with van der Waals surface area (Å²) in [5.74, 6) is -0.645. The Morgan fingerprint density at radius 2 is 2.17 bits per heavy atom. The molecule has 2 nitrogen and oxygen atoms in total. The average Bonchev–Trinajstić information content (AvgIpc) is 1.82. The van der Waals surface area contributed by atoms with Crippen LogP contribution in [0.1, 0.15) is 6.42 Å². The van der Waals surface area contributed by atoms with Crippen molar-refractivity contribution in [2.24, 2.45) is 5.73 Å². The third-order valence-electron chi connectivity index (χ3n) is 1.50. The Hall–Kier alpha value is -0.180. The Balaban J connectivity index is 3.00. The summed E-state index contributed by atoms with van der Waals surface area (Å²) in [4.78, 5) is 9.61. The zero-order valence-corrected chi connectivity index (χ0v) is 8.25. The lowest BCUT2D eigenvalue weighted by Gasteiger charge is -2.22. The molecule has 0 aromatic rings. The highest BCUT2D eigenvalue weighted by molar-refractivity contribution is 6.41. The lowest BCUT2D eigenvalue weighted by molar-refractivity contribution is -0.119. The van der Waals surface area contributed by atoms with E-state index in [-0.39, 0.29) is 6.42 Å². The molecule has 5 heteroatoms. The molecule has 0 heterocycles. The maximum Gasteiger partial charge on any atom is 0.242 e. The van der Waals surface area contributed by atoms with Crippen LogP contribution >= 0.6 is 34.8 Å². The average molecular weight is 226 g/mol. The van der Waals surface area contributed by atoms with Gasteiger partial charge < -0.3 is 5.73 Å². The van der Waals surface area contributed by atoms with Crippen molar-refractivity contribution < 1.29 is 4.79 Å². The van der Waals surface area contributed by atoms with E-state index in [0.717, 1.165) is 0 Å². The number of hydrogen-bond acceptors (Lipinski definition) is 1. The van der Waals surface area contributed by atoms with E-state index >= 15 is 0 Å². The SMILES string of the molecule is NC(=O)C1(Cl)C=C(Cl)C=C(Cl)C1. The van der Waals surface area contributed by atoms with Crippen LogP contribution in [0.15, 0.2) is 22.2 Å². The fourth-order valence-electron chi connectivity index (χ4n) is 0.916. The maximum atomic E-state index is 10.9. The third-order valence-corrected chi connectivity index (χ3v) is 2.39. The Kier molecular flexibility index (Phi) is 2.71. The lowest BCUT2D eigenvalue weighted by atomic mass is 9.99. The third kappa shape index (κ3) is 1.94. The van der Waals surface area contributed by atoms with Crippen molar-refractivity contribution >= 4 is 40.7 Å². The topological polar surface area (TPSA) is 43.1 Å². The van der Waals surface area contributed by atoms with E-state index in [1.165, 1.54) is 12.2 Å². The van der Waals surface area contributed by atoms with Crippen LogP contribution in [0.25, 0.3) is 0 Å². The summed E-state index contributed by atoms with van der Waals surface area (Å²) in [7, 11) is 0. The number of rotatable bonds is 1. The summed E-state index contributed by atoms with van der Waals surface area (Å²) in [6, 6.07) is 0. The van der Waals surface area contributed by atoms with Crippen LogP contribution < -0.4 is 5.73 Å². The molecule has 0 bridgehead atoms. The Morgan fingerprint density at radius 1 is 1.58 bits per heavy atom. The van der Waals surface area contributed by atoms with E-state index in [1.807, 2.05) is 0 Å². The van der Waals surface area contributed by atoms with E-state index < -0.39 is 10.8 Å². The fourth-order valence-corrected chi connectivity index (χ4v) is 2.00. The molecule has 1 amide bonds. The first-order valence-electron chi connectivity index (χ1n) is 3.17. The highest BCUT2D eigenvalue weighted by atomic mass is 35.5. The standard InChI is InChI=1S/C7H6Cl3NO/c8-4-1-5(9)3-7(10,2-4)6(11)12/h1-2H,3H2,(H2,11,12). The molecule has 66 valence electrons. The molecule has 1 unspecified atom stereocenters. The van der Waals surface area contributed by atoms with E-state index in [9.17, 15) is 4.79 Å². The van der Waals surface area contributed by atoms with Gasteiger partial charge in [-0.2, -0.15) is 0 Å². The van der Waals surface area contributed by atoms with Gasteiger partial charge >= 0.3 is 0 Å². The van der Waals surface area contributed by atoms with Crippen LogP contribution in [0.4, 0.5) is 0 Å². The zero-order chi connectivity index (χ0) is 9.35. The molecule has 0 aliphatic heterocycles. The molecule has 0 radical (unpaired) electrons. The van der Waals surface area contributed by atoms with Gasteiger partial charge in [0.15, 0.2) is 0 Å². The predicted molar refractivity (Wildman–Crippen MR) is 50.3 cm³/mol. The first-order chi connectivity index (χ1) is 5.44. The summed E-state index contributed by atoms with van der Waals surface area (Å²) < 4.78 is 0. The number of amides is 1. The molecule has 2 N–H and O–H groups in total. The zero-order valence-electron chi connectivity index (χ0n) is 5.98. The van der Waals surface area contributed by atoms with Crippen molar-refractivity contribution in [1.82, 2.24) is 0 Å². The van der Waals surface area contributed by atoms with Gasteiger partial charge in [0.2, 0.25) is 5.91 Å². The summed E-state index contributed by atoms with van der Waals surface area (Å²) in [6.45, 7) is 0. The second kappa shape index (κ2) is 3.29. The summed E-state index contributed by atoms with van der Waals surface area (Å²) in [5.41, 5.74) is 5.07. The fraction of sp³-hybridized carbons (Fsp3) is 0.286. The van der Waals surface area contributed by atoms with Gasteiger partial charge in [-0.15, -0.1) is 11.6 Å². The van der Waals surface area contributed by atoms with Gasteiger partial charge in [-0.3, -0.25) is 4.79 Å². The van der Waals surface area contributed by atoms with E-state index in [2.05, 4.69) is 0 Å². The Morgan fingerprint density at radius 3 is 2.58 bits per heavy atom. The Labute approximate surface area is 85.0 Å². The molecule has 0 fully saturated rings. The molecule has 0 saturated carbocycles. The van der Waals surface area contributed by atoms with Crippen LogP contribution in [-0.4, -0.2) is 10.8 Å². The van der Waals surface area contributed by atoms with Crippen molar-refractivity contribution in [3.05, 3.63) is 22.2 Å². The molecular weight excluding hydrogens is 220 g/mol. The number of halogens is 3. The van der Waals surface area contributed by atoms with E-state index in [4.69, 9.17) is 40.5 Å². The molecular formula is C7H6Cl3NO. The number of carbonyl (C=O) groups is 1. The van der Waals surface area contributed by atoms with Crippen LogP contribution in [0.2, 0.25) is 0 Å². The minimum atomic E-state index is -1.26. The van der Waals surface area contributed by atoms with Crippen LogP contribution in [0.3, 0.4) is 0 Å². The van der Waals surface area contributed by atoms with Gasteiger partial charge in [0.1, 0.15) is 4.87 Å². The number of primary amides is 1. The predicted octanol–water partition coefficient (Wildman–Crippen LogP) is 2.10. The molecule has 0 aromatic heterocycles. The minimum Gasteiger partial charge on any atom is -0.368 e. The van der Waals surface area contributed by atoms with E-state index in [0.29, 0.717) is 10.1 Å². The van der Waals surface area contributed by atoms with Crippen LogP contribution in [0, 0.1) is 0 Å². The summed E-state index contributed by atoms with van der Waals surface area (Å²) in [5, 5.41) is 0.761. The highest BCUT2D eigenvalue weighted by Gasteiger charge is 2.35. The van der Waals surface area contributed by atoms with Gasteiger partial charge in [-0.25, -0.2) is 0 Å². The second-order valence-electron chi connectivity index (χ2n) is 2.52. The molecule has 0 aromatic carbocycles. The number of alkyl halides is 1. The molecule has 1 aliphatic carbocycles. The lowest BCUT2D eigenvalue weighted by Crippen LogP contribution is -2.38. The molecule has 0 saturated heterocycles. The molecule has 12 heavy (non-hydrogen) atoms. The Bertz CT molecular complexity index is 284. The normalized spacial score (nSPS) is 29.2. The summed E-state index contributed by atoms with van der Waals surface area (Å²) >= 11 is 17.2.